The van der Waals surface area contributed by atoms with Gasteiger partial charge in [-0.2, -0.15) is 0 Å². The average molecular weight is 311 g/mol. The second-order valence-electron chi connectivity index (χ2n) is 4.20. The van der Waals surface area contributed by atoms with E-state index >= 15 is 0 Å². The first-order valence-corrected chi connectivity index (χ1v) is 6.38. The van der Waals surface area contributed by atoms with Crippen LogP contribution in [0.3, 0.4) is 0 Å². The number of nitrogen functional groups attached to an aromatic ring is 1. The van der Waals surface area contributed by atoms with Gasteiger partial charge in [-0.1, -0.05) is 5.16 Å². The van der Waals surface area contributed by atoms with Crippen molar-refractivity contribution >= 4 is 27.4 Å². The highest BCUT2D eigenvalue weighted by Crippen LogP contribution is 2.28. The van der Waals surface area contributed by atoms with E-state index in [2.05, 4.69) is 31.4 Å². The molecule has 0 aliphatic carbocycles. The number of hydrogen-bond acceptors (Lipinski definition) is 5. The molecule has 0 aromatic carbocycles. The summed E-state index contributed by atoms with van der Waals surface area (Å²) in [7, 11) is 0. The summed E-state index contributed by atoms with van der Waals surface area (Å²) in [5.74, 6) is 1.57. The summed E-state index contributed by atoms with van der Waals surface area (Å²) in [4.78, 5) is 4.25. The minimum absolute atomic E-state index is 0.0590. The number of hydrogen-bond donors (Lipinski definition) is 2. The second-order valence-corrected chi connectivity index (χ2v) is 5.06. The first-order valence-electron chi connectivity index (χ1n) is 5.59. The van der Waals surface area contributed by atoms with Crippen LogP contribution < -0.4 is 11.1 Å². The largest absolute Gasteiger partial charge is 0.397 e. The molecule has 1 atom stereocenters. The van der Waals surface area contributed by atoms with E-state index in [-0.39, 0.29) is 6.04 Å². The Morgan fingerprint density at radius 3 is 2.72 bits per heavy atom. The van der Waals surface area contributed by atoms with Crippen LogP contribution >= 0.6 is 15.9 Å². The first-order chi connectivity index (χ1) is 8.49. The Bertz CT molecular complexity index is 548. The molecule has 0 aliphatic heterocycles. The first kappa shape index (κ1) is 12.9. The molecule has 96 valence electrons. The third-order valence-electron chi connectivity index (χ3n) is 2.74. The third kappa shape index (κ3) is 2.48. The lowest BCUT2D eigenvalue weighted by Gasteiger charge is -2.15. The van der Waals surface area contributed by atoms with Gasteiger partial charge in [0.15, 0.2) is 0 Å². The van der Waals surface area contributed by atoms with Crippen molar-refractivity contribution in [2.45, 2.75) is 26.8 Å². The summed E-state index contributed by atoms with van der Waals surface area (Å²) in [5.41, 5.74) is 8.22. The van der Waals surface area contributed by atoms with Crippen molar-refractivity contribution in [2.24, 2.45) is 0 Å². The average Bonchev–Trinajstić information content (AvgIpc) is 2.62. The molecule has 0 aliphatic rings. The molecule has 6 heteroatoms. The lowest BCUT2D eigenvalue weighted by molar-refractivity contribution is 0.392. The van der Waals surface area contributed by atoms with Crippen LogP contribution in [0.4, 0.5) is 11.5 Å². The smallest absolute Gasteiger partial charge is 0.140 e. The molecule has 0 amide bonds. The van der Waals surface area contributed by atoms with Gasteiger partial charge in [0.2, 0.25) is 0 Å². The summed E-state index contributed by atoms with van der Waals surface area (Å²) in [6.45, 7) is 5.87. The molecule has 0 saturated carbocycles. The van der Waals surface area contributed by atoms with Crippen LogP contribution in [0.5, 0.6) is 0 Å². The van der Waals surface area contributed by atoms with E-state index in [1.165, 1.54) is 0 Å². The molecule has 3 N–H and O–H groups in total. The number of aryl methyl sites for hydroxylation is 2. The van der Waals surface area contributed by atoms with Crippen LogP contribution in [-0.2, 0) is 0 Å². The van der Waals surface area contributed by atoms with Gasteiger partial charge in [0, 0.05) is 5.56 Å². The van der Waals surface area contributed by atoms with Gasteiger partial charge in [-0.15, -0.1) is 0 Å². The molecular formula is C12H15BrN4O. The highest BCUT2D eigenvalue weighted by atomic mass is 79.9. The standard InChI is InChI=1S/C12H15BrN4O/c1-6(11-7(2)17-18-8(11)3)16-12-10(13)4-9(14)5-15-12/h4-6H,14H2,1-3H3,(H,15,16). The van der Waals surface area contributed by atoms with Crippen LogP contribution in [0.25, 0.3) is 0 Å². The Labute approximate surface area is 114 Å². The summed E-state index contributed by atoms with van der Waals surface area (Å²) in [6, 6.07) is 1.87. The zero-order valence-electron chi connectivity index (χ0n) is 10.5. The Kier molecular flexibility index (Phi) is 3.56. The molecule has 1 unspecified atom stereocenters. The van der Waals surface area contributed by atoms with Crippen molar-refractivity contribution in [2.75, 3.05) is 11.1 Å². The van der Waals surface area contributed by atoms with Gasteiger partial charge in [0.05, 0.1) is 28.1 Å². The lowest BCUT2D eigenvalue weighted by Crippen LogP contribution is -2.10. The predicted molar refractivity (Wildman–Crippen MR) is 74.4 cm³/mol. The summed E-state index contributed by atoms with van der Waals surface area (Å²) in [5, 5.41) is 7.26. The van der Waals surface area contributed by atoms with Crippen molar-refractivity contribution in [1.29, 1.82) is 0 Å². The molecule has 2 heterocycles. The van der Waals surface area contributed by atoms with Crippen LogP contribution in [0.1, 0.15) is 30.0 Å². The molecule has 2 aromatic rings. The number of nitrogens with zero attached hydrogens (tertiary/aromatic N) is 2. The number of anilines is 2. The Morgan fingerprint density at radius 1 is 1.44 bits per heavy atom. The van der Waals surface area contributed by atoms with E-state index in [1.54, 1.807) is 6.20 Å². The fourth-order valence-electron chi connectivity index (χ4n) is 1.94. The SMILES string of the molecule is Cc1noc(C)c1C(C)Nc1ncc(N)cc1Br. The highest BCUT2D eigenvalue weighted by molar-refractivity contribution is 9.10. The molecule has 0 bridgehead atoms. The number of rotatable bonds is 3. The van der Waals surface area contributed by atoms with Gasteiger partial charge in [-0.3, -0.25) is 0 Å². The van der Waals surface area contributed by atoms with Gasteiger partial charge in [-0.05, 0) is 42.8 Å². The van der Waals surface area contributed by atoms with E-state index in [0.717, 1.165) is 27.3 Å². The van der Waals surface area contributed by atoms with E-state index in [4.69, 9.17) is 10.3 Å². The van der Waals surface area contributed by atoms with Crippen LogP contribution in [0, 0.1) is 13.8 Å². The van der Waals surface area contributed by atoms with Crippen LogP contribution in [0.2, 0.25) is 0 Å². The molecule has 18 heavy (non-hydrogen) atoms. The third-order valence-corrected chi connectivity index (χ3v) is 3.34. The Balaban J connectivity index is 2.24. The maximum atomic E-state index is 5.66. The molecule has 0 radical (unpaired) electrons. The van der Waals surface area contributed by atoms with E-state index in [9.17, 15) is 0 Å². The number of nitrogens with one attached hydrogen (secondary N) is 1. The number of pyridine rings is 1. The van der Waals surface area contributed by atoms with Gasteiger partial charge >= 0.3 is 0 Å². The highest BCUT2D eigenvalue weighted by Gasteiger charge is 2.17. The predicted octanol–water partition coefficient (Wildman–Crippen LogP) is 3.20. The number of halogens is 1. The molecule has 2 aromatic heterocycles. The van der Waals surface area contributed by atoms with Crippen molar-refractivity contribution in [3.05, 3.63) is 33.8 Å². The monoisotopic (exact) mass is 310 g/mol. The molecular weight excluding hydrogens is 296 g/mol. The number of aromatic nitrogens is 2. The van der Waals surface area contributed by atoms with E-state index < -0.39 is 0 Å². The fourth-order valence-corrected chi connectivity index (χ4v) is 2.43. The molecule has 5 nitrogen and oxygen atoms in total. The van der Waals surface area contributed by atoms with Crippen LogP contribution in [-0.4, -0.2) is 10.1 Å². The zero-order chi connectivity index (χ0) is 13.3. The molecule has 2 rings (SSSR count). The maximum Gasteiger partial charge on any atom is 0.140 e. The summed E-state index contributed by atoms with van der Waals surface area (Å²) >= 11 is 3.43. The van der Waals surface area contributed by atoms with Crippen molar-refractivity contribution in [3.8, 4) is 0 Å². The normalized spacial score (nSPS) is 12.4. The quantitative estimate of drug-likeness (QED) is 0.910. The Hall–Kier alpha value is -1.56. The number of nitrogens with two attached hydrogens (primary N) is 1. The van der Waals surface area contributed by atoms with Gasteiger partial charge in [-0.25, -0.2) is 4.98 Å². The van der Waals surface area contributed by atoms with Crippen LogP contribution in [0.15, 0.2) is 21.3 Å². The van der Waals surface area contributed by atoms with Crippen molar-refractivity contribution in [3.63, 3.8) is 0 Å². The minimum atomic E-state index is 0.0590. The van der Waals surface area contributed by atoms with E-state index in [0.29, 0.717) is 5.69 Å². The second kappa shape index (κ2) is 4.97. The molecule has 0 spiro atoms. The molecule has 0 fully saturated rings. The Morgan fingerprint density at radius 2 is 2.17 bits per heavy atom. The lowest BCUT2D eigenvalue weighted by atomic mass is 10.1. The topological polar surface area (TPSA) is 77.0 Å². The molecule has 0 saturated heterocycles. The van der Waals surface area contributed by atoms with Gasteiger partial charge in [0.25, 0.3) is 0 Å². The van der Waals surface area contributed by atoms with Crippen molar-refractivity contribution in [1.82, 2.24) is 10.1 Å². The van der Waals surface area contributed by atoms with Gasteiger partial charge < -0.3 is 15.6 Å². The summed E-state index contributed by atoms with van der Waals surface area (Å²) in [6.07, 6.45) is 1.62. The van der Waals surface area contributed by atoms with Gasteiger partial charge in [0.1, 0.15) is 11.6 Å². The summed E-state index contributed by atoms with van der Waals surface area (Å²) < 4.78 is 6.00. The van der Waals surface area contributed by atoms with E-state index in [1.807, 2.05) is 26.8 Å². The van der Waals surface area contributed by atoms with Crippen molar-refractivity contribution < 1.29 is 4.52 Å². The fraction of sp³-hybridized carbons (Fsp3) is 0.333. The maximum absolute atomic E-state index is 5.66. The zero-order valence-corrected chi connectivity index (χ0v) is 12.1. The minimum Gasteiger partial charge on any atom is -0.397 e.